The lowest BCUT2D eigenvalue weighted by atomic mass is 10.1. The summed E-state index contributed by atoms with van der Waals surface area (Å²) < 4.78 is 33.4. The quantitative estimate of drug-likeness (QED) is 0.564. The van der Waals surface area contributed by atoms with E-state index in [-0.39, 0.29) is 5.76 Å². The molecule has 1 aromatic carbocycles. The molecule has 0 saturated carbocycles. The maximum absolute atomic E-state index is 13.8. The zero-order valence-corrected chi connectivity index (χ0v) is 11.8. The van der Waals surface area contributed by atoms with Gasteiger partial charge >= 0.3 is 7.04 Å². The Hall–Kier alpha value is -1.65. The largest absolute Gasteiger partial charge is 0.828 e. The zero-order valence-electron chi connectivity index (χ0n) is 11.8. The van der Waals surface area contributed by atoms with Crippen LogP contribution in [0.15, 0.2) is 36.1 Å². The highest BCUT2D eigenvalue weighted by molar-refractivity contribution is 6.52. The smallest absolute Gasteiger partial charge is 0.596 e. The molecule has 1 heterocycles. The standard InChI is InChI=1S/C15H20BF2NO/c1-2-3-4-8-11-19-13-15(20-16(19,17)18)12-14-9-6-5-7-10-14/h5-7,9-10,12-13H,2-4,8,11H2,1H3/b15-12-. The molecule has 0 aromatic heterocycles. The van der Waals surface area contributed by atoms with Gasteiger partial charge in [0, 0.05) is 6.42 Å². The third-order valence-corrected chi connectivity index (χ3v) is 3.34. The van der Waals surface area contributed by atoms with Gasteiger partial charge in [0.25, 0.3) is 0 Å². The summed E-state index contributed by atoms with van der Waals surface area (Å²) >= 11 is 0. The normalized spacial score (nSPS) is 18.9. The minimum Gasteiger partial charge on any atom is -0.596 e. The van der Waals surface area contributed by atoms with Gasteiger partial charge in [0.05, 0.1) is 0 Å². The SMILES string of the molecule is CCCCCC[N+]1=C/C(=C/c2ccccc2)O[B-]1(F)F. The number of nitrogens with zero attached hydrogens (tertiary/aromatic N) is 1. The molecule has 0 amide bonds. The van der Waals surface area contributed by atoms with Gasteiger partial charge in [0.15, 0.2) is 6.21 Å². The van der Waals surface area contributed by atoms with Gasteiger partial charge in [-0.15, -0.1) is 0 Å². The fraction of sp³-hybridized carbons (Fsp3) is 0.400. The van der Waals surface area contributed by atoms with Gasteiger partial charge in [0.1, 0.15) is 12.3 Å². The fourth-order valence-electron chi connectivity index (χ4n) is 2.23. The molecule has 0 aliphatic carbocycles. The molecule has 2 rings (SSSR count). The van der Waals surface area contributed by atoms with Crippen molar-refractivity contribution < 1.29 is 17.8 Å². The van der Waals surface area contributed by atoms with Crippen LogP contribution in [0.2, 0.25) is 0 Å². The second-order valence-corrected chi connectivity index (χ2v) is 5.06. The Kier molecular flexibility index (Phi) is 4.93. The fourth-order valence-corrected chi connectivity index (χ4v) is 2.23. The Bertz CT molecular complexity index is 500. The highest BCUT2D eigenvalue weighted by Crippen LogP contribution is 2.23. The minimum absolute atomic E-state index is 0.233. The van der Waals surface area contributed by atoms with Crippen molar-refractivity contribution in [3.8, 4) is 0 Å². The molecule has 0 fully saturated rings. The van der Waals surface area contributed by atoms with E-state index in [2.05, 4.69) is 6.92 Å². The zero-order chi connectivity index (χ0) is 14.4. The molecular formula is C15H20BF2NO. The van der Waals surface area contributed by atoms with E-state index < -0.39 is 7.04 Å². The van der Waals surface area contributed by atoms with Crippen LogP contribution in [-0.2, 0) is 4.65 Å². The van der Waals surface area contributed by atoms with Crippen molar-refractivity contribution in [2.24, 2.45) is 0 Å². The van der Waals surface area contributed by atoms with Crippen LogP contribution in [0.5, 0.6) is 0 Å². The Balaban J connectivity index is 2.03. The minimum atomic E-state index is -3.91. The number of rotatable bonds is 6. The Morgan fingerprint density at radius 3 is 2.60 bits per heavy atom. The van der Waals surface area contributed by atoms with E-state index >= 15 is 0 Å². The molecule has 0 radical (unpaired) electrons. The van der Waals surface area contributed by atoms with E-state index in [0.29, 0.717) is 6.54 Å². The maximum Gasteiger partial charge on any atom is 0.828 e. The summed E-state index contributed by atoms with van der Waals surface area (Å²) in [4.78, 5) is 0. The Morgan fingerprint density at radius 2 is 1.90 bits per heavy atom. The van der Waals surface area contributed by atoms with Crippen LogP contribution in [0, 0.1) is 0 Å². The first-order chi connectivity index (χ1) is 9.62. The van der Waals surface area contributed by atoms with Gasteiger partial charge in [-0.05, 0) is 18.1 Å². The molecule has 1 aromatic rings. The van der Waals surface area contributed by atoms with Gasteiger partial charge in [-0.25, -0.2) is 0 Å². The molecule has 2 nitrogen and oxygen atoms in total. The summed E-state index contributed by atoms with van der Waals surface area (Å²) in [5, 5.41) is 0. The molecule has 0 atom stereocenters. The predicted molar refractivity (Wildman–Crippen MR) is 78.8 cm³/mol. The summed E-state index contributed by atoms with van der Waals surface area (Å²) in [6.45, 7) is 2.45. The third kappa shape index (κ3) is 3.92. The van der Waals surface area contributed by atoms with E-state index in [0.717, 1.165) is 35.7 Å². The Morgan fingerprint density at radius 1 is 1.15 bits per heavy atom. The number of allylic oxidation sites excluding steroid dienone is 1. The highest BCUT2D eigenvalue weighted by atomic mass is 19.3. The van der Waals surface area contributed by atoms with Crippen molar-refractivity contribution in [2.75, 3.05) is 6.54 Å². The van der Waals surface area contributed by atoms with Crippen molar-refractivity contribution in [3.63, 3.8) is 0 Å². The summed E-state index contributed by atoms with van der Waals surface area (Å²) in [5.41, 5.74) is 0.859. The van der Waals surface area contributed by atoms with Gasteiger partial charge < -0.3 is 17.8 Å². The lowest BCUT2D eigenvalue weighted by Gasteiger charge is -2.14. The number of unbranched alkanes of at least 4 members (excludes halogenated alkanes) is 3. The van der Waals surface area contributed by atoms with Crippen LogP contribution in [-0.4, -0.2) is 24.3 Å². The average molecular weight is 279 g/mol. The molecular weight excluding hydrogens is 259 g/mol. The van der Waals surface area contributed by atoms with Crippen LogP contribution < -0.4 is 0 Å². The van der Waals surface area contributed by atoms with Gasteiger partial charge in [-0.2, -0.15) is 0 Å². The van der Waals surface area contributed by atoms with Crippen molar-refractivity contribution in [1.82, 2.24) is 0 Å². The molecule has 0 unspecified atom stereocenters. The second kappa shape index (κ2) is 6.68. The van der Waals surface area contributed by atoms with Crippen LogP contribution in [0.4, 0.5) is 8.63 Å². The molecule has 0 saturated heterocycles. The summed E-state index contributed by atoms with van der Waals surface area (Å²) in [6.07, 6.45) is 7.00. The van der Waals surface area contributed by atoms with Crippen molar-refractivity contribution >= 4 is 19.3 Å². The molecule has 0 spiro atoms. The first-order valence-electron chi connectivity index (χ1n) is 7.19. The van der Waals surface area contributed by atoms with E-state index in [4.69, 9.17) is 4.65 Å². The summed E-state index contributed by atoms with van der Waals surface area (Å²) in [7, 11) is -3.91. The first-order valence-corrected chi connectivity index (χ1v) is 7.19. The predicted octanol–water partition coefficient (Wildman–Crippen LogP) is 4.10. The van der Waals surface area contributed by atoms with Crippen molar-refractivity contribution in [1.29, 1.82) is 0 Å². The molecule has 5 heteroatoms. The van der Waals surface area contributed by atoms with E-state index in [1.165, 1.54) is 6.21 Å². The van der Waals surface area contributed by atoms with Crippen molar-refractivity contribution in [2.45, 2.75) is 32.6 Å². The highest BCUT2D eigenvalue weighted by Gasteiger charge is 2.50. The van der Waals surface area contributed by atoms with Gasteiger partial charge in [-0.3, -0.25) is 0 Å². The van der Waals surface area contributed by atoms with Crippen LogP contribution in [0.1, 0.15) is 38.2 Å². The lowest BCUT2D eigenvalue weighted by molar-refractivity contribution is -0.427. The van der Waals surface area contributed by atoms with Crippen LogP contribution in [0.25, 0.3) is 6.08 Å². The van der Waals surface area contributed by atoms with E-state index in [1.54, 1.807) is 6.08 Å². The number of hydrogen-bond acceptors (Lipinski definition) is 1. The maximum atomic E-state index is 13.8. The molecule has 0 N–H and O–H groups in total. The molecule has 1 aliphatic rings. The summed E-state index contributed by atoms with van der Waals surface area (Å²) in [6, 6.07) is 9.35. The third-order valence-electron chi connectivity index (χ3n) is 3.34. The lowest BCUT2D eigenvalue weighted by Crippen LogP contribution is -2.38. The molecule has 1 aliphatic heterocycles. The topological polar surface area (TPSA) is 12.2 Å². The Labute approximate surface area is 118 Å². The molecule has 20 heavy (non-hydrogen) atoms. The van der Waals surface area contributed by atoms with E-state index in [1.807, 2.05) is 30.3 Å². The average Bonchev–Trinajstić information content (AvgIpc) is 2.70. The molecule has 0 bridgehead atoms. The second-order valence-electron chi connectivity index (χ2n) is 5.06. The number of halogens is 2. The summed E-state index contributed by atoms with van der Waals surface area (Å²) in [5.74, 6) is 0.233. The molecule has 108 valence electrons. The van der Waals surface area contributed by atoms with Gasteiger partial charge in [0.2, 0.25) is 0 Å². The van der Waals surface area contributed by atoms with Crippen molar-refractivity contribution in [3.05, 3.63) is 41.7 Å². The monoisotopic (exact) mass is 279 g/mol. The van der Waals surface area contributed by atoms with Crippen LogP contribution in [0.3, 0.4) is 0 Å². The van der Waals surface area contributed by atoms with Gasteiger partial charge in [-0.1, -0.05) is 50.1 Å². The number of hydrogen-bond donors (Lipinski definition) is 0. The van der Waals surface area contributed by atoms with E-state index in [9.17, 15) is 8.63 Å². The van der Waals surface area contributed by atoms with Crippen LogP contribution >= 0.6 is 0 Å². The number of benzene rings is 1. The first kappa shape index (κ1) is 14.8.